The van der Waals surface area contributed by atoms with E-state index in [2.05, 4.69) is 206 Å². The third kappa shape index (κ3) is 4.93. The van der Waals surface area contributed by atoms with Gasteiger partial charge in [0.1, 0.15) is 0 Å². The number of hydrogen-bond donors (Lipinski definition) is 0. The van der Waals surface area contributed by atoms with Crippen LogP contribution in [0.4, 0.5) is 0 Å². The van der Waals surface area contributed by atoms with E-state index in [1.54, 1.807) is 0 Å². The summed E-state index contributed by atoms with van der Waals surface area (Å²) in [6.07, 6.45) is 0. The number of benzene rings is 8. The van der Waals surface area contributed by atoms with Gasteiger partial charge in [-0.3, -0.25) is 0 Å². The van der Waals surface area contributed by atoms with Gasteiger partial charge in [0.25, 0.3) is 0 Å². The molecule has 0 bridgehead atoms. The highest BCUT2D eigenvalue weighted by Crippen LogP contribution is 2.56. The smallest absolute Gasteiger partial charge is 0.0622 e. The lowest BCUT2D eigenvalue weighted by atomic mass is 9.67. The predicted molar refractivity (Wildman–Crippen MR) is 205 cm³/mol. The Hall–Kier alpha value is -6.24. The highest BCUT2D eigenvalue weighted by Gasteiger charge is 2.46. The summed E-state index contributed by atoms with van der Waals surface area (Å²) in [5.74, 6) is 0. The summed E-state index contributed by atoms with van der Waals surface area (Å²) in [7, 11) is 0. The molecule has 0 amide bonds. The van der Waals surface area contributed by atoms with E-state index >= 15 is 0 Å². The van der Waals surface area contributed by atoms with Crippen LogP contribution in [0.2, 0.25) is 0 Å². The van der Waals surface area contributed by atoms with E-state index in [0.717, 1.165) is 0 Å². The first kappa shape index (κ1) is 28.9. The molecular weight excluding hydrogens is 589 g/mol. The van der Waals surface area contributed by atoms with Gasteiger partial charge in [-0.05, 0) is 102 Å². The van der Waals surface area contributed by atoms with E-state index in [9.17, 15) is 0 Å². The molecule has 1 aliphatic rings. The van der Waals surface area contributed by atoms with Crippen LogP contribution in [-0.4, -0.2) is 0 Å². The predicted octanol–water partition coefficient (Wildman–Crippen LogP) is 12.7. The number of fused-ring (bicyclic) bond motifs is 3. The molecule has 8 aromatic carbocycles. The van der Waals surface area contributed by atoms with Crippen LogP contribution in [0.1, 0.15) is 22.3 Å². The van der Waals surface area contributed by atoms with Gasteiger partial charge in [-0.2, -0.15) is 0 Å². The van der Waals surface area contributed by atoms with E-state index in [1.165, 1.54) is 77.9 Å². The van der Waals surface area contributed by atoms with Crippen LogP contribution in [0.5, 0.6) is 0 Å². The molecule has 0 spiro atoms. The molecular formula is C49H34. The van der Waals surface area contributed by atoms with Crippen molar-refractivity contribution in [2.75, 3.05) is 0 Å². The second kappa shape index (κ2) is 12.1. The first-order valence-electron chi connectivity index (χ1n) is 17.0. The van der Waals surface area contributed by atoms with Gasteiger partial charge in [-0.1, -0.05) is 182 Å². The minimum Gasteiger partial charge on any atom is -0.0622 e. The molecule has 0 N–H and O–H groups in total. The number of hydrogen-bond acceptors (Lipinski definition) is 0. The molecule has 8 aromatic rings. The van der Waals surface area contributed by atoms with Gasteiger partial charge < -0.3 is 0 Å². The van der Waals surface area contributed by atoms with E-state index in [0.29, 0.717) is 0 Å². The molecule has 0 radical (unpaired) electrons. The molecule has 0 aromatic heterocycles. The lowest BCUT2D eigenvalue weighted by Crippen LogP contribution is -2.28. The maximum absolute atomic E-state index is 2.42. The molecule has 230 valence electrons. The normalized spacial score (nSPS) is 12.7. The molecule has 0 unspecified atom stereocenters. The van der Waals surface area contributed by atoms with E-state index < -0.39 is 5.41 Å². The van der Waals surface area contributed by atoms with Crippen LogP contribution in [0.3, 0.4) is 0 Å². The molecule has 1 aliphatic carbocycles. The van der Waals surface area contributed by atoms with Crippen LogP contribution in [-0.2, 0) is 5.41 Å². The standard InChI is InChI=1S/C49H34/c1-3-15-35(16-4-1)37-19-11-20-38(31-37)39-21-12-22-40(32-39)42-24-14-26-44(34-42)49(43-25-13-23-41(33-43)36-17-5-2-6-18-36)47-29-9-7-27-45(47)46-28-8-10-30-48(46)49/h1-34H. The fourth-order valence-electron chi connectivity index (χ4n) is 7.91. The van der Waals surface area contributed by atoms with Gasteiger partial charge in [0.15, 0.2) is 0 Å². The molecule has 49 heavy (non-hydrogen) atoms. The van der Waals surface area contributed by atoms with Crippen molar-refractivity contribution in [3.05, 3.63) is 229 Å². The Kier molecular flexibility index (Phi) is 7.14. The quantitative estimate of drug-likeness (QED) is 0.173. The second-order valence-electron chi connectivity index (χ2n) is 12.9. The molecule has 0 atom stereocenters. The average molecular weight is 623 g/mol. The van der Waals surface area contributed by atoms with Gasteiger partial charge in [-0.25, -0.2) is 0 Å². The van der Waals surface area contributed by atoms with Crippen molar-refractivity contribution in [2.24, 2.45) is 0 Å². The van der Waals surface area contributed by atoms with Crippen LogP contribution >= 0.6 is 0 Å². The fraction of sp³-hybridized carbons (Fsp3) is 0.0204. The maximum Gasteiger partial charge on any atom is 0.0713 e. The fourth-order valence-corrected chi connectivity index (χ4v) is 7.91. The zero-order chi connectivity index (χ0) is 32.6. The van der Waals surface area contributed by atoms with Crippen molar-refractivity contribution in [1.82, 2.24) is 0 Å². The molecule has 0 fully saturated rings. The Morgan fingerprint density at radius 1 is 0.224 bits per heavy atom. The molecule has 0 heteroatoms. The Balaban J connectivity index is 1.22. The van der Waals surface area contributed by atoms with Crippen molar-refractivity contribution >= 4 is 0 Å². The van der Waals surface area contributed by atoms with Crippen molar-refractivity contribution in [3.8, 4) is 55.6 Å². The van der Waals surface area contributed by atoms with Gasteiger partial charge in [0.2, 0.25) is 0 Å². The van der Waals surface area contributed by atoms with Gasteiger partial charge in [-0.15, -0.1) is 0 Å². The minimum atomic E-state index is -0.477. The van der Waals surface area contributed by atoms with Crippen molar-refractivity contribution in [2.45, 2.75) is 5.41 Å². The molecule has 0 aliphatic heterocycles. The van der Waals surface area contributed by atoms with E-state index in [4.69, 9.17) is 0 Å². The topological polar surface area (TPSA) is 0 Å². The summed E-state index contributed by atoms with van der Waals surface area (Å²) in [6, 6.07) is 75.5. The van der Waals surface area contributed by atoms with E-state index in [1.807, 2.05) is 0 Å². The largest absolute Gasteiger partial charge is 0.0713 e. The SMILES string of the molecule is c1ccc(-c2cccc(-c3cccc(-c4cccc(C5(c6cccc(-c7ccccc7)c6)c6ccccc6-c6ccccc65)c4)c3)c2)cc1. The zero-order valence-electron chi connectivity index (χ0n) is 27.1. The van der Waals surface area contributed by atoms with E-state index in [-0.39, 0.29) is 0 Å². The van der Waals surface area contributed by atoms with Crippen molar-refractivity contribution < 1.29 is 0 Å². The van der Waals surface area contributed by atoms with Gasteiger partial charge in [0.05, 0.1) is 5.41 Å². The lowest BCUT2D eigenvalue weighted by molar-refractivity contribution is 0.769. The molecule has 0 saturated carbocycles. The highest BCUT2D eigenvalue weighted by molar-refractivity contribution is 5.87. The van der Waals surface area contributed by atoms with Crippen LogP contribution in [0.25, 0.3) is 55.6 Å². The third-order valence-corrected chi connectivity index (χ3v) is 10.1. The van der Waals surface area contributed by atoms with Crippen LogP contribution < -0.4 is 0 Å². The Morgan fingerprint density at radius 3 is 0.980 bits per heavy atom. The van der Waals surface area contributed by atoms with Gasteiger partial charge >= 0.3 is 0 Å². The summed E-state index contributed by atoms with van der Waals surface area (Å²) in [5, 5.41) is 0. The number of rotatable bonds is 6. The van der Waals surface area contributed by atoms with Crippen molar-refractivity contribution in [3.63, 3.8) is 0 Å². The molecule has 0 saturated heterocycles. The minimum absolute atomic E-state index is 0.477. The Morgan fingerprint density at radius 2 is 0.531 bits per heavy atom. The van der Waals surface area contributed by atoms with Crippen molar-refractivity contribution in [1.29, 1.82) is 0 Å². The summed E-state index contributed by atoms with van der Waals surface area (Å²) < 4.78 is 0. The first-order valence-corrected chi connectivity index (χ1v) is 17.0. The summed E-state index contributed by atoms with van der Waals surface area (Å²) in [6.45, 7) is 0. The Labute approximate surface area is 288 Å². The second-order valence-corrected chi connectivity index (χ2v) is 12.9. The highest BCUT2D eigenvalue weighted by atomic mass is 14.5. The van der Waals surface area contributed by atoms with Crippen LogP contribution in [0, 0.1) is 0 Å². The molecule has 0 heterocycles. The maximum atomic E-state index is 2.42. The summed E-state index contributed by atoms with van der Waals surface area (Å²) in [4.78, 5) is 0. The van der Waals surface area contributed by atoms with Crippen LogP contribution in [0.15, 0.2) is 206 Å². The summed E-state index contributed by atoms with van der Waals surface area (Å²) in [5.41, 5.74) is 17.1. The monoisotopic (exact) mass is 622 g/mol. The first-order chi connectivity index (χ1) is 24.3. The zero-order valence-corrected chi connectivity index (χ0v) is 27.1. The molecule has 0 nitrogen and oxygen atoms in total. The third-order valence-electron chi connectivity index (χ3n) is 10.1. The molecule has 9 rings (SSSR count). The average Bonchev–Trinajstić information content (AvgIpc) is 3.50. The van der Waals surface area contributed by atoms with Gasteiger partial charge in [0, 0.05) is 0 Å². The lowest BCUT2D eigenvalue weighted by Gasteiger charge is -2.34. The Bertz CT molecular complexity index is 2390. The summed E-state index contributed by atoms with van der Waals surface area (Å²) >= 11 is 0.